The second-order valence-electron chi connectivity index (χ2n) is 5.36. The monoisotopic (exact) mass is 255 g/mol. The molecule has 100 valence electrons. The van der Waals surface area contributed by atoms with Gasteiger partial charge in [-0.3, -0.25) is 9.88 Å². The average Bonchev–Trinajstić information content (AvgIpc) is 2.48. The van der Waals surface area contributed by atoms with Crippen LogP contribution in [-0.4, -0.2) is 36.1 Å². The van der Waals surface area contributed by atoms with Crippen LogP contribution in [0.25, 0.3) is 10.9 Å². The van der Waals surface area contributed by atoms with Crippen molar-refractivity contribution in [3.63, 3.8) is 0 Å². The number of likely N-dealkylation sites (N-methyl/N-ethyl adjacent to an activating group) is 1. The van der Waals surface area contributed by atoms with Crippen LogP contribution < -0.4 is 5.32 Å². The summed E-state index contributed by atoms with van der Waals surface area (Å²) in [7, 11) is 2.06. The van der Waals surface area contributed by atoms with Crippen LogP contribution in [0.4, 0.5) is 0 Å². The molecule has 0 aliphatic carbocycles. The van der Waals surface area contributed by atoms with Crippen molar-refractivity contribution in [1.82, 2.24) is 15.2 Å². The fourth-order valence-corrected chi connectivity index (χ4v) is 2.97. The molecular formula is C16H21N3. The molecular weight excluding hydrogens is 234 g/mol. The van der Waals surface area contributed by atoms with Gasteiger partial charge in [0.2, 0.25) is 0 Å². The zero-order valence-corrected chi connectivity index (χ0v) is 11.5. The van der Waals surface area contributed by atoms with Gasteiger partial charge in [-0.2, -0.15) is 0 Å². The predicted octanol–water partition coefficient (Wildman–Crippen LogP) is 2.42. The summed E-state index contributed by atoms with van der Waals surface area (Å²) in [6, 6.07) is 11.3. The number of aromatic nitrogens is 1. The van der Waals surface area contributed by atoms with Gasteiger partial charge in [0.05, 0.1) is 5.52 Å². The minimum Gasteiger partial charge on any atom is -0.316 e. The first-order valence-electron chi connectivity index (χ1n) is 7.09. The number of nitrogens with zero attached hydrogens (tertiary/aromatic N) is 2. The van der Waals surface area contributed by atoms with E-state index in [0.29, 0.717) is 6.04 Å². The number of benzene rings is 1. The molecule has 3 heteroatoms. The molecule has 1 atom stereocenters. The Balaban J connectivity index is 1.81. The van der Waals surface area contributed by atoms with Crippen LogP contribution >= 0.6 is 0 Å². The minimum atomic E-state index is 0.636. The van der Waals surface area contributed by atoms with E-state index >= 15 is 0 Å². The first-order chi connectivity index (χ1) is 9.36. The SMILES string of the molecule is CNC1CCCN(Cc2cccc3cccnc23)C1. The van der Waals surface area contributed by atoms with E-state index in [1.54, 1.807) is 0 Å². The lowest BCUT2D eigenvalue weighted by Gasteiger charge is -2.32. The molecule has 0 radical (unpaired) electrons. The fraction of sp³-hybridized carbons (Fsp3) is 0.438. The molecule has 3 nitrogen and oxygen atoms in total. The van der Waals surface area contributed by atoms with Crippen molar-refractivity contribution < 1.29 is 0 Å². The number of pyridine rings is 1. The number of rotatable bonds is 3. The van der Waals surface area contributed by atoms with Gasteiger partial charge in [0.15, 0.2) is 0 Å². The zero-order valence-electron chi connectivity index (χ0n) is 11.5. The Morgan fingerprint density at radius 1 is 1.32 bits per heavy atom. The maximum absolute atomic E-state index is 4.54. The minimum absolute atomic E-state index is 0.636. The Labute approximate surface area is 114 Å². The van der Waals surface area contributed by atoms with Crippen LogP contribution in [0.1, 0.15) is 18.4 Å². The lowest BCUT2D eigenvalue weighted by atomic mass is 10.0. The standard InChI is InChI=1S/C16H21N3/c1-17-15-8-4-10-19(12-15)11-14-6-2-5-13-7-3-9-18-16(13)14/h2-3,5-7,9,15,17H,4,8,10-12H2,1H3. The third-order valence-corrected chi connectivity index (χ3v) is 4.02. The molecule has 0 saturated carbocycles. The van der Waals surface area contributed by atoms with Crippen molar-refractivity contribution in [1.29, 1.82) is 0 Å². The molecule has 1 unspecified atom stereocenters. The highest BCUT2D eigenvalue weighted by Crippen LogP contribution is 2.19. The second-order valence-corrected chi connectivity index (χ2v) is 5.36. The predicted molar refractivity (Wildman–Crippen MR) is 79.1 cm³/mol. The molecule has 3 rings (SSSR count). The Hall–Kier alpha value is -1.45. The number of hydrogen-bond donors (Lipinski definition) is 1. The topological polar surface area (TPSA) is 28.2 Å². The summed E-state index contributed by atoms with van der Waals surface area (Å²) in [5, 5.41) is 4.64. The van der Waals surface area contributed by atoms with Gasteiger partial charge in [-0.05, 0) is 38.1 Å². The maximum atomic E-state index is 4.54. The van der Waals surface area contributed by atoms with E-state index in [-0.39, 0.29) is 0 Å². The highest BCUT2D eigenvalue weighted by atomic mass is 15.2. The lowest BCUT2D eigenvalue weighted by Crippen LogP contribution is -2.43. The fourth-order valence-electron chi connectivity index (χ4n) is 2.97. The number of para-hydroxylation sites is 1. The summed E-state index contributed by atoms with van der Waals surface area (Å²) in [5.41, 5.74) is 2.49. The summed E-state index contributed by atoms with van der Waals surface area (Å²) in [4.78, 5) is 7.08. The van der Waals surface area contributed by atoms with Crippen molar-refractivity contribution in [2.24, 2.45) is 0 Å². The maximum Gasteiger partial charge on any atom is 0.0746 e. The molecule has 2 aromatic rings. The first-order valence-corrected chi connectivity index (χ1v) is 7.09. The normalized spacial score (nSPS) is 20.8. The summed E-state index contributed by atoms with van der Waals surface area (Å²) < 4.78 is 0. The van der Waals surface area contributed by atoms with Crippen molar-refractivity contribution in [3.8, 4) is 0 Å². The third-order valence-electron chi connectivity index (χ3n) is 4.02. The highest BCUT2D eigenvalue weighted by Gasteiger charge is 2.18. The van der Waals surface area contributed by atoms with E-state index in [4.69, 9.17) is 0 Å². The van der Waals surface area contributed by atoms with Gasteiger partial charge in [-0.1, -0.05) is 24.3 Å². The Kier molecular flexibility index (Phi) is 3.76. The van der Waals surface area contributed by atoms with E-state index in [0.717, 1.165) is 18.6 Å². The van der Waals surface area contributed by atoms with Gasteiger partial charge < -0.3 is 5.32 Å². The van der Waals surface area contributed by atoms with E-state index in [9.17, 15) is 0 Å². The quantitative estimate of drug-likeness (QED) is 0.913. The van der Waals surface area contributed by atoms with Gasteiger partial charge in [0.1, 0.15) is 0 Å². The van der Waals surface area contributed by atoms with Gasteiger partial charge in [0.25, 0.3) is 0 Å². The largest absolute Gasteiger partial charge is 0.316 e. The molecule has 1 aliphatic rings. The van der Waals surface area contributed by atoms with Crippen molar-refractivity contribution in [3.05, 3.63) is 42.1 Å². The van der Waals surface area contributed by atoms with E-state index in [1.807, 2.05) is 12.3 Å². The number of fused-ring (bicyclic) bond motifs is 1. The second kappa shape index (κ2) is 5.68. The average molecular weight is 255 g/mol. The van der Waals surface area contributed by atoms with Crippen LogP contribution in [0.2, 0.25) is 0 Å². The number of likely N-dealkylation sites (tertiary alicyclic amines) is 1. The molecule has 0 amide bonds. The molecule has 19 heavy (non-hydrogen) atoms. The van der Waals surface area contributed by atoms with E-state index < -0.39 is 0 Å². The van der Waals surface area contributed by atoms with Crippen LogP contribution in [-0.2, 0) is 6.54 Å². The molecule has 0 bridgehead atoms. The Bertz CT molecular complexity index is 547. The molecule has 1 fully saturated rings. The number of nitrogens with one attached hydrogen (secondary N) is 1. The van der Waals surface area contributed by atoms with Crippen LogP contribution in [0.5, 0.6) is 0 Å². The summed E-state index contributed by atoms with van der Waals surface area (Å²) in [5.74, 6) is 0. The molecule has 1 aliphatic heterocycles. The van der Waals surface area contributed by atoms with Gasteiger partial charge in [-0.15, -0.1) is 0 Å². The van der Waals surface area contributed by atoms with Crippen molar-refractivity contribution in [2.45, 2.75) is 25.4 Å². The Morgan fingerprint density at radius 3 is 3.11 bits per heavy atom. The summed E-state index contributed by atoms with van der Waals surface area (Å²) in [6.45, 7) is 3.34. The summed E-state index contributed by atoms with van der Waals surface area (Å²) >= 11 is 0. The van der Waals surface area contributed by atoms with Crippen LogP contribution in [0, 0.1) is 0 Å². The first kappa shape index (κ1) is 12.6. The van der Waals surface area contributed by atoms with Gasteiger partial charge >= 0.3 is 0 Å². The van der Waals surface area contributed by atoms with E-state index in [1.165, 1.54) is 30.3 Å². The van der Waals surface area contributed by atoms with Gasteiger partial charge in [-0.25, -0.2) is 0 Å². The van der Waals surface area contributed by atoms with E-state index in [2.05, 4.69) is 46.5 Å². The number of hydrogen-bond acceptors (Lipinski definition) is 3. The smallest absolute Gasteiger partial charge is 0.0746 e. The third kappa shape index (κ3) is 2.77. The molecule has 1 N–H and O–H groups in total. The molecule has 1 aromatic heterocycles. The van der Waals surface area contributed by atoms with Gasteiger partial charge in [0, 0.05) is 30.7 Å². The molecule has 1 aromatic carbocycles. The van der Waals surface area contributed by atoms with Crippen molar-refractivity contribution >= 4 is 10.9 Å². The van der Waals surface area contributed by atoms with Crippen LogP contribution in [0.15, 0.2) is 36.5 Å². The molecule has 2 heterocycles. The number of piperidine rings is 1. The summed E-state index contributed by atoms with van der Waals surface area (Å²) in [6.07, 6.45) is 4.46. The zero-order chi connectivity index (χ0) is 13.1. The highest BCUT2D eigenvalue weighted by molar-refractivity contribution is 5.81. The Morgan fingerprint density at radius 2 is 2.21 bits per heavy atom. The van der Waals surface area contributed by atoms with Crippen molar-refractivity contribution in [2.75, 3.05) is 20.1 Å². The van der Waals surface area contributed by atoms with Crippen LogP contribution in [0.3, 0.4) is 0 Å². The molecule has 0 spiro atoms. The lowest BCUT2D eigenvalue weighted by molar-refractivity contribution is 0.188. The molecule has 1 saturated heterocycles.